The van der Waals surface area contributed by atoms with Gasteiger partial charge in [0.2, 0.25) is 0 Å². The Balaban J connectivity index is 0.000000360. The zero-order valence-electron chi connectivity index (χ0n) is 30.7. The number of aromatic hydroxyl groups is 1. The molecule has 4 aromatic carbocycles. The Labute approximate surface area is 345 Å². The van der Waals surface area contributed by atoms with Gasteiger partial charge in [-0.1, -0.05) is 120 Å². The van der Waals surface area contributed by atoms with E-state index >= 15 is 0 Å². The van der Waals surface area contributed by atoms with Crippen molar-refractivity contribution >= 4 is 58.0 Å². The molecule has 4 aromatic rings. The van der Waals surface area contributed by atoms with Gasteiger partial charge in [0.25, 0.3) is 10.1 Å². The molecule has 13 heteroatoms. The van der Waals surface area contributed by atoms with Gasteiger partial charge in [-0.2, -0.15) is 8.42 Å². The number of unbranched alkanes of at least 4 members (excludes halogenated alkanes) is 10. The molecular weight excluding hydrogens is 745 g/mol. The second-order valence-corrected chi connectivity index (χ2v) is 15.4. The number of ether oxygens (including phenoxy) is 2. The summed E-state index contributed by atoms with van der Waals surface area (Å²) < 4.78 is 75.7. The molecule has 4 rings (SSSR count). The van der Waals surface area contributed by atoms with E-state index in [9.17, 15) is 31.6 Å². The quantitative estimate of drug-likeness (QED) is 0.0499. The van der Waals surface area contributed by atoms with E-state index in [2.05, 4.69) is 13.8 Å². The van der Waals surface area contributed by atoms with Crippen molar-refractivity contribution in [2.45, 2.75) is 114 Å². The molecule has 53 heavy (non-hydrogen) atoms. The first-order valence-corrected chi connectivity index (χ1v) is 20.8. The molecular formula is C40H50CaO10S2. The van der Waals surface area contributed by atoms with Crippen LogP contribution in [0.15, 0.2) is 94.7 Å². The molecule has 0 unspecified atom stereocenters. The van der Waals surface area contributed by atoms with Gasteiger partial charge >= 0.3 is 37.7 Å². The number of hydrogen-bond donors (Lipinski definition) is 2. The van der Waals surface area contributed by atoms with E-state index in [-0.39, 0.29) is 59.9 Å². The number of phenols is 1. The fraction of sp³-hybridized carbons (Fsp3) is 0.400. The van der Waals surface area contributed by atoms with E-state index < -0.39 is 30.9 Å². The Bertz CT molecular complexity index is 1780. The van der Waals surface area contributed by atoms with Crippen LogP contribution in [0.2, 0.25) is 0 Å². The standard InChI is InChI=1S/2C20H26O5S.Ca/c2*1-2-3-4-5-6-7-10-16-11-8-9-12-19(16)25-20-14-13-17(15-18(20)21)26(22,23)24;/h2*8-9,11-15,21H,2-7,10H2,1H3,(H,22,23,24);/q;;+2/p-2. The normalized spacial score (nSPS) is 11.2. The summed E-state index contributed by atoms with van der Waals surface area (Å²) in [7, 11) is -9.01. The number of rotatable bonds is 20. The molecule has 0 saturated heterocycles. The molecule has 10 nitrogen and oxygen atoms in total. The first-order chi connectivity index (χ1) is 24.8. The van der Waals surface area contributed by atoms with Crippen LogP contribution in [0, 0.1) is 0 Å². The fourth-order valence-corrected chi connectivity index (χ4v) is 6.51. The van der Waals surface area contributed by atoms with Gasteiger partial charge in [-0.15, -0.1) is 0 Å². The molecule has 0 aliphatic rings. The Hall–Kier alpha value is -2.84. The summed E-state index contributed by atoms with van der Waals surface area (Å²) in [6.07, 6.45) is 16.1. The van der Waals surface area contributed by atoms with Crippen molar-refractivity contribution in [1.29, 1.82) is 0 Å². The maximum Gasteiger partial charge on any atom is 2.00 e. The van der Waals surface area contributed by atoms with Crippen LogP contribution in [0.25, 0.3) is 0 Å². The molecule has 0 saturated carbocycles. The molecule has 0 spiro atoms. The molecule has 0 heterocycles. The maximum absolute atomic E-state index is 12.0. The van der Waals surface area contributed by atoms with Crippen LogP contribution in [-0.4, -0.2) is 68.8 Å². The van der Waals surface area contributed by atoms with Crippen LogP contribution in [-0.2, 0) is 33.1 Å². The summed E-state index contributed by atoms with van der Waals surface area (Å²) >= 11 is 0. The summed E-state index contributed by atoms with van der Waals surface area (Å²) in [5.74, 6) is 0.401. The smallest absolute Gasteiger partial charge is 0.870 e. The number of phenolic OH excluding ortho intramolecular Hbond substituents is 1. The third-order valence-electron chi connectivity index (χ3n) is 8.42. The van der Waals surface area contributed by atoms with Gasteiger partial charge in [-0.3, -0.25) is 4.55 Å². The van der Waals surface area contributed by atoms with Crippen LogP contribution < -0.4 is 14.6 Å². The van der Waals surface area contributed by atoms with Crippen molar-refractivity contribution in [2.75, 3.05) is 0 Å². The number of para-hydroxylation sites is 2. The van der Waals surface area contributed by atoms with E-state index in [1.807, 2.05) is 42.5 Å². The number of hydrogen-bond acceptors (Lipinski definition) is 9. The van der Waals surface area contributed by atoms with E-state index in [1.165, 1.54) is 76.0 Å². The minimum absolute atomic E-state index is 0. The van der Waals surface area contributed by atoms with Crippen molar-refractivity contribution < 1.29 is 45.6 Å². The van der Waals surface area contributed by atoms with Gasteiger partial charge in [0.15, 0.2) is 11.5 Å². The van der Waals surface area contributed by atoms with Crippen LogP contribution in [0.3, 0.4) is 0 Å². The van der Waals surface area contributed by atoms with Crippen LogP contribution >= 0.6 is 0 Å². The molecule has 0 aliphatic carbocycles. The second kappa shape index (κ2) is 23.8. The van der Waals surface area contributed by atoms with Gasteiger partial charge < -0.3 is 24.2 Å². The van der Waals surface area contributed by atoms with Crippen molar-refractivity contribution in [3.8, 4) is 34.5 Å². The first-order valence-electron chi connectivity index (χ1n) is 17.9. The zero-order valence-corrected chi connectivity index (χ0v) is 34.5. The van der Waals surface area contributed by atoms with E-state index in [0.29, 0.717) is 11.5 Å². The van der Waals surface area contributed by atoms with Crippen LogP contribution in [0.5, 0.6) is 34.5 Å². The van der Waals surface area contributed by atoms with Crippen LogP contribution in [0.4, 0.5) is 0 Å². The molecule has 0 amide bonds. The molecule has 2 N–H and O–H groups in total. The average molecular weight is 795 g/mol. The number of aryl methyl sites for hydroxylation is 2. The first kappa shape index (κ1) is 46.3. The van der Waals surface area contributed by atoms with Gasteiger partial charge in [-0.25, -0.2) is 8.42 Å². The third-order valence-corrected chi connectivity index (χ3v) is 10.1. The van der Waals surface area contributed by atoms with E-state index in [4.69, 9.17) is 14.0 Å². The van der Waals surface area contributed by atoms with Gasteiger partial charge in [0.05, 0.1) is 9.79 Å². The summed E-state index contributed by atoms with van der Waals surface area (Å²) in [5, 5.41) is 22.0. The van der Waals surface area contributed by atoms with Crippen molar-refractivity contribution in [2.24, 2.45) is 0 Å². The predicted octanol–water partition coefficient (Wildman–Crippen LogP) is 9.31. The van der Waals surface area contributed by atoms with Crippen molar-refractivity contribution in [3.63, 3.8) is 0 Å². The van der Waals surface area contributed by atoms with Crippen LogP contribution in [0.1, 0.15) is 102 Å². The minimum Gasteiger partial charge on any atom is -0.870 e. The van der Waals surface area contributed by atoms with Gasteiger partial charge in [0.1, 0.15) is 27.4 Å². The predicted molar refractivity (Wildman–Crippen MR) is 205 cm³/mol. The van der Waals surface area contributed by atoms with Crippen molar-refractivity contribution in [1.82, 2.24) is 0 Å². The Morgan fingerprint density at radius 3 is 1.45 bits per heavy atom. The van der Waals surface area contributed by atoms with E-state index in [0.717, 1.165) is 61.4 Å². The molecule has 0 bridgehead atoms. The Morgan fingerprint density at radius 2 is 1.00 bits per heavy atom. The molecule has 284 valence electrons. The average Bonchev–Trinajstić information content (AvgIpc) is 3.10. The minimum atomic E-state index is -4.65. The topological polar surface area (TPSA) is 173 Å². The Kier molecular flexibility index (Phi) is 20.8. The van der Waals surface area contributed by atoms with Gasteiger partial charge in [-0.05, 0) is 79.3 Å². The molecule has 0 aliphatic heterocycles. The second-order valence-electron chi connectivity index (χ2n) is 12.6. The largest absolute Gasteiger partial charge is 2.00 e. The SMILES string of the molecule is CCCCCCCCc1ccccc1Oc1ccc(S(=O)(=O)O)cc1O.CCCCCCCCc1ccccc1Oc1ccc(S(=O)(=O)[O-])cc1[O-].[Ca+2]. The monoisotopic (exact) mass is 794 g/mol. The zero-order chi connectivity index (χ0) is 38.0. The van der Waals surface area contributed by atoms with Gasteiger partial charge in [0, 0.05) is 6.07 Å². The Morgan fingerprint density at radius 1 is 0.566 bits per heavy atom. The summed E-state index contributed by atoms with van der Waals surface area (Å²) in [6, 6.07) is 21.7. The maximum atomic E-state index is 12.0. The summed E-state index contributed by atoms with van der Waals surface area (Å²) in [5.41, 5.74) is 2.05. The summed E-state index contributed by atoms with van der Waals surface area (Å²) in [6.45, 7) is 4.39. The third kappa shape index (κ3) is 16.6. The number of benzene rings is 4. The summed E-state index contributed by atoms with van der Waals surface area (Å²) in [4.78, 5) is -0.919. The molecule has 0 aromatic heterocycles. The molecule has 0 fully saturated rings. The molecule has 0 radical (unpaired) electrons. The van der Waals surface area contributed by atoms with E-state index in [1.54, 1.807) is 6.07 Å². The molecule has 0 atom stereocenters. The fourth-order valence-electron chi connectivity index (χ4n) is 5.52. The van der Waals surface area contributed by atoms with Crippen molar-refractivity contribution in [3.05, 3.63) is 96.1 Å².